The molecule has 126 valence electrons. The van der Waals surface area contributed by atoms with E-state index >= 15 is 0 Å². The highest BCUT2D eigenvalue weighted by molar-refractivity contribution is 5.95. The smallest absolute Gasteiger partial charge is 0.252 e. The monoisotopic (exact) mass is 331 g/mol. The summed E-state index contributed by atoms with van der Waals surface area (Å²) < 4.78 is 0. The van der Waals surface area contributed by atoms with E-state index < -0.39 is 0 Å². The SMILES string of the molecule is NCc1ccccc1C(=O)NC(Cc1ccccn1)c1ccccc1. The van der Waals surface area contributed by atoms with Gasteiger partial charge in [-0.1, -0.05) is 54.6 Å². The van der Waals surface area contributed by atoms with Gasteiger partial charge < -0.3 is 11.1 Å². The van der Waals surface area contributed by atoms with Crippen LogP contribution in [0.3, 0.4) is 0 Å². The van der Waals surface area contributed by atoms with Gasteiger partial charge in [-0.05, 0) is 29.3 Å². The van der Waals surface area contributed by atoms with E-state index in [-0.39, 0.29) is 11.9 Å². The second-order valence-electron chi connectivity index (χ2n) is 5.82. The lowest BCUT2D eigenvalue weighted by atomic mass is 10.00. The summed E-state index contributed by atoms with van der Waals surface area (Å²) in [5.74, 6) is -0.120. The minimum Gasteiger partial charge on any atom is -0.345 e. The number of nitrogens with zero attached hydrogens (tertiary/aromatic N) is 1. The molecule has 1 aromatic heterocycles. The molecule has 3 aromatic rings. The zero-order valence-electron chi connectivity index (χ0n) is 13.9. The van der Waals surface area contributed by atoms with Crippen molar-refractivity contribution in [3.63, 3.8) is 0 Å². The minimum atomic E-state index is -0.158. The average molecular weight is 331 g/mol. The van der Waals surface area contributed by atoms with E-state index in [1.54, 1.807) is 12.3 Å². The van der Waals surface area contributed by atoms with Crippen molar-refractivity contribution in [3.05, 3.63) is 101 Å². The number of aromatic nitrogens is 1. The first-order valence-corrected chi connectivity index (χ1v) is 8.31. The number of hydrogen-bond acceptors (Lipinski definition) is 3. The first-order valence-electron chi connectivity index (χ1n) is 8.31. The Hall–Kier alpha value is -2.98. The second-order valence-corrected chi connectivity index (χ2v) is 5.82. The Labute approximate surface area is 147 Å². The van der Waals surface area contributed by atoms with Gasteiger partial charge in [-0.15, -0.1) is 0 Å². The molecule has 3 rings (SSSR count). The van der Waals surface area contributed by atoms with Gasteiger partial charge in [0.05, 0.1) is 6.04 Å². The van der Waals surface area contributed by atoms with Crippen LogP contribution < -0.4 is 11.1 Å². The highest BCUT2D eigenvalue weighted by Crippen LogP contribution is 2.19. The maximum absolute atomic E-state index is 12.8. The number of nitrogens with one attached hydrogen (secondary N) is 1. The molecule has 1 atom stereocenters. The Morgan fingerprint density at radius 1 is 0.960 bits per heavy atom. The normalized spacial score (nSPS) is 11.7. The van der Waals surface area contributed by atoms with Gasteiger partial charge in [0.2, 0.25) is 0 Å². The van der Waals surface area contributed by atoms with Gasteiger partial charge in [0, 0.05) is 30.4 Å². The lowest BCUT2D eigenvalue weighted by molar-refractivity contribution is 0.0935. The molecule has 0 saturated carbocycles. The van der Waals surface area contributed by atoms with Gasteiger partial charge in [0.25, 0.3) is 5.91 Å². The molecular weight excluding hydrogens is 310 g/mol. The molecule has 0 bridgehead atoms. The molecule has 4 heteroatoms. The topological polar surface area (TPSA) is 68.0 Å². The summed E-state index contributed by atoms with van der Waals surface area (Å²) in [5, 5.41) is 3.14. The predicted molar refractivity (Wildman–Crippen MR) is 98.9 cm³/mol. The molecule has 0 radical (unpaired) electrons. The average Bonchev–Trinajstić information content (AvgIpc) is 2.69. The fourth-order valence-corrected chi connectivity index (χ4v) is 2.82. The van der Waals surface area contributed by atoms with Crippen molar-refractivity contribution in [2.75, 3.05) is 0 Å². The van der Waals surface area contributed by atoms with E-state index in [2.05, 4.69) is 10.3 Å². The van der Waals surface area contributed by atoms with Crippen LogP contribution >= 0.6 is 0 Å². The minimum absolute atomic E-state index is 0.120. The molecule has 0 aliphatic carbocycles. The van der Waals surface area contributed by atoms with Crippen molar-refractivity contribution in [1.29, 1.82) is 0 Å². The lowest BCUT2D eigenvalue weighted by Crippen LogP contribution is -2.31. The molecule has 1 heterocycles. The fourth-order valence-electron chi connectivity index (χ4n) is 2.82. The van der Waals surface area contributed by atoms with E-state index in [1.807, 2.05) is 66.7 Å². The van der Waals surface area contributed by atoms with Gasteiger partial charge in [-0.2, -0.15) is 0 Å². The molecule has 0 fully saturated rings. The van der Waals surface area contributed by atoms with Gasteiger partial charge in [-0.3, -0.25) is 9.78 Å². The van der Waals surface area contributed by atoms with Gasteiger partial charge in [0.15, 0.2) is 0 Å². The van der Waals surface area contributed by atoms with E-state index in [1.165, 1.54) is 0 Å². The van der Waals surface area contributed by atoms with E-state index in [0.717, 1.165) is 16.8 Å². The summed E-state index contributed by atoms with van der Waals surface area (Å²) in [6, 6.07) is 23.0. The first-order chi connectivity index (χ1) is 12.3. The molecule has 4 nitrogen and oxygen atoms in total. The zero-order chi connectivity index (χ0) is 17.5. The molecule has 0 spiro atoms. The van der Waals surface area contributed by atoms with Crippen LogP contribution in [0.15, 0.2) is 79.0 Å². The Kier molecular flexibility index (Phi) is 5.54. The molecule has 0 aliphatic heterocycles. The molecule has 25 heavy (non-hydrogen) atoms. The van der Waals surface area contributed by atoms with Gasteiger partial charge in [-0.25, -0.2) is 0 Å². The number of pyridine rings is 1. The maximum Gasteiger partial charge on any atom is 0.252 e. The third-order valence-corrected chi connectivity index (χ3v) is 4.13. The van der Waals surface area contributed by atoms with Crippen LogP contribution in [0.1, 0.15) is 33.2 Å². The van der Waals surface area contributed by atoms with Crippen LogP contribution in [0.5, 0.6) is 0 Å². The van der Waals surface area contributed by atoms with E-state index in [0.29, 0.717) is 18.5 Å². The van der Waals surface area contributed by atoms with Crippen LogP contribution in [0.2, 0.25) is 0 Å². The largest absolute Gasteiger partial charge is 0.345 e. The number of carbonyl (C=O) groups is 1. The summed E-state index contributed by atoms with van der Waals surface area (Å²) in [7, 11) is 0. The number of nitrogens with two attached hydrogens (primary N) is 1. The summed E-state index contributed by atoms with van der Waals surface area (Å²) in [6.45, 7) is 0.333. The van der Waals surface area contributed by atoms with Gasteiger partial charge in [0.1, 0.15) is 0 Å². The number of carbonyl (C=O) groups excluding carboxylic acids is 1. The third kappa shape index (κ3) is 4.31. The van der Waals surface area contributed by atoms with Crippen molar-refractivity contribution in [2.45, 2.75) is 19.0 Å². The van der Waals surface area contributed by atoms with Gasteiger partial charge >= 0.3 is 0 Å². The van der Waals surface area contributed by atoms with E-state index in [9.17, 15) is 4.79 Å². The van der Waals surface area contributed by atoms with E-state index in [4.69, 9.17) is 5.73 Å². The molecule has 1 amide bonds. The second kappa shape index (κ2) is 8.22. The predicted octanol–water partition coefficient (Wildman–Crippen LogP) is 3.25. The quantitative estimate of drug-likeness (QED) is 0.728. The van der Waals surface area contributed by atoms with Crippen molar-refractivity contribution in [1.82, 2.24) is 10.3 Å². The van der Waals surface area contributed by atoms with Crippen LogP contribution in [-0.4, -0.2) is 10.9 Å². The Bertz CT molecular complexity index is 819. The van der Waals surface area contributed by atoms with Crippen molar-refractivity contribution >= 4 is 5.91 Å². The molecule has 3 N–H and O–H groups in total. The fraction of sp³-hybridized carbons (Fsp3) is 0.143. The highest BCUT2D eigenvalue weighted by Gasteiger charge is 2.18. The summed E-state index contributed by atoms with van der Waals surface area (Å²) in [5.41, 5.74) is 9.20. The lowest BCUT2D eigenvalue weighted by Gasteiger charge is -2.20. The summed E-state index contributed by atoms with van der Waals surface area (Å²) >= 11 is 0. The summed E-state index contributed by atoms with van der Waals surface area (Å²) in [6.07, 6.45) is 2.39. The zero-order valence-corrected chi connectivity index (χ0v) is 13.9. The number of rotatable bonds is 6. The Morgan fingerprint density at radius 3 is 2.40 bits per heavy atom. The molecule has 2 aromatic carbocycles. The van der Waals surface area contributed by atoms with Crippen LogP contribution in [0.4, 0.5) is 0 Å². The number of amides is 1. The van der Waals surface area contributed by atoms with Crippen LogP contribution in [0.25, 0.3) is 0 Å². The van der Waals surface area contributed by atoms with Crippen LogP contribution in [0, 0.1) is 0 Å². The maximum atomic E-state index is 12.8. The first kappa shape index (κ1) is 16.9. The highest BCUT2D eigenvalue weighted by atomic mass is 16.1. The van der Waals surface area contributed by atoms with Crippen molar-refractivity contribution in [2.24, 2.45) is 5.73 Å². The Morgan fingerprint density at radius 2 is 1.68 bits per heavy atom. The number of hydrogen-bond donors (Lipinski definition) is 2. The van der Waals surface area contributed by atoms with Crippen molar-refractivity contribution < 1.29 is 4.79 Å². The third-order valence-electron chi connectivity index (χ3n) is 4.13. The molecular formula is C21H21N3O. The molecule has 0 aliphatic rings. The van der Waals surface area contributed by atoms with Crippen LogP contribution in [-0.2, 0) is 13.0 Å². The summed E-state index contributed by atoms with van der Waals surface area (Å²) in [4.78, 5) is 17.2. The standard InChI is InChI=1S/C21H21N3O/c22-15-17-10-4-5-12-19(17)21(25)24-20(16-8-2-1-3-9-16)14-18-11-6-7-13-23-18/h1-13,20H,14-15,22H2,(H,24,25). The Balaban J connectivity index is 1.86. The molecule has 1 unspecified atom stereocenters. The number of benzene rings is 2. The molecule has 0 saturated heterocycles. The van der Waals surface area contributed by atoms with Crippen molar-refractivity contribution in [3.8, 4) is 0 Å².